The van der Waals surface area contributed by atoms with Crippen LogP contribution >= 0.6 is 0 Å². The number of aromatic nitrogens is 3. The molecular weight excluding hydrogens is 496 g/mol. The van der Waals surface area contributed by atoms with Gasteiger partial charge >= 0.3 is 6.01 Å². The van der Waals surface area contributed by atoms with Crippen LogP contribution in [0.2, 0.25) is 0 Å². The van der Waals surface area contributed by atoms with Crippen molar-refractivity contribution in [2.45, 2.75) is 13.3 Å². The molecule has 204 valence electrons. The number of carbonyl (C=O) groups excluding carboxylic acids is 1. The number of piperazine rings is 1. The van der Waals surface area contributed by atoms with Gasteiger partial charge in [0.1, 0.15) is 17.1 Å². The second kappa shape index (κ2) is 11.2. The van der Waals surface area contributed by atoms with Gasteiger partial charge in [-0.15, -0.1) is 0 Å². The molecular formula is C28H34N8O3. The number of nitrogen functional groups attached to an aromatic ring is 1. The number of aryl methyl sites for hydroxylation is 1. The number of pyridine rings is 1. The fourth-order valence-corrected chi connectivity index (χ4v) is 5.10. The van der Waals surface area contributed by atoms with Crippen molar-refractivity contribution < 1.29 is 14.3 Å². The van der Waals surface area contributed by atoms with Crippen LogP contribution in [0.3, 0.4) is 0 Å². The Morgan fingerprint density at radius 3 is 2.69 bits per heavy atom. The fraction of sp³-hybridized carbons (Fsp3) is 0.393. The molecule has 2 saturated heterocycles. The zero-order chi connectivity index (χ0) is 27.5. The minimum Gasteiger partial charge on any atom is -0.463 e. The minimum atomic E-state index is -0.0767. The van der Waals surface area contributed by atoms with E-state index < -0.39 is 0 Å². The number of hydrogen-bond acceptors (Lipinski definition) is 10. The Morgan fingerprint density at radius 1 is 1.21 bits per heavy atom. The van der Waals surface area contributed by atoms with Crippen molar-refractivity contribution in [2.75, 3.05) is 63.6 Å². The highest BCUT2D eigenvalue weighted by Gasteiger charge is 2.26. The van der Waals surface area contributed by atoms with E-state index in [9.17, 15) is 4.79 Å². The van der Waals surface area contributed by atoms with E-state index in [1.807, 2.05) is 19.1 Å². The Labute approximate surface area is 227 Å². The van der Waals surface area contributed by atoms with E-state index in [4.69, 9.17) is 30.6 Å². The van der Waals surface area contributed by atoms with Crippen molar-refractivity contribution in [1.29, 1.82) is 5.41 Å². The van der Waals surface area contributed by atoms with E-state index in [1.54, 1.807) is 17.2 Å². The van der Waals surface area contributed by atoms with Crippen molar-refractivity contribution in [3.8, 4) is 17.6 Å². The average molecular weight is 531 g/mol. The van der Waals surface area contributed by atoms with Crippen LogP contribution in [0.5, 0.6) is 17.6 Å². The molecule has 1 aromatic carbocycles. The maximum atomic E-state index is 12.1. The molecule has 39 heavy (non-hydrogen) atoms. The molecule has 0 aliphatic carbocycles. The molecule has 5 rings (SSSR count). The highest BCUT2D eigenvalue weighted by atomic mass is 16.5. The molecule has 11 heteroatoms. The van der Waals surface area contributed by atoms with Gasteiger partial charge in [-0.1, -0.05) is 12.6 Å². The Morgan fingerprint density at radius 2 is 2.00 bits per heavy atom. The quantitative estimate of drug-likeness (QED) is 0.256. The summed E-state index contributed by atoms with van der Waals surface area (Å²) in [6.07, 6.45) is 5.24. The van der Waals surface area contributed by atoms with Crippen molar-refractivity contribution >= 4 is 34.5 Å². The second-order valence-corrected chi connectivity index (χ2v) is 10.0. The van der Waals surface area contributed by atoms with Crippen LogP contribution in [0.25, 0.3) is 10.9 Å². The number of benzene rings is 1. The summed E-state index contributed by atoms with van der Waals surface area (Å²) in [5.41, 5.74) is 8.37. The Kier molecular flexibility index (Phi) is 7.60. The third-order valence-electron chi connectivity index (χ3n) is 7.31. The molecule has 0 bridgehead atoms. The van der Waals surface area contributed by atoms with Crippen LogP contribution in [0.15, 0.2) is 37.1 Å². The normalized spacial score (nSPS) is 17.8. The van der Waals surface area contributed by atoms with Crippen LogP contribution in [-0.2, 0) is 4.79 Å². The largest absolute Gasteiger partial charge is 0.463 e. The van der Waals surface area contributed by atoms with Gasteiger partial charge in [0, 0.05) is 56.7 Å². The lowest BCUT2D eigenvalue weighted by molar-refractivity contribution is -0.126. The highest BCUT2D eigenvalue weighted by Crippen LogP contribution is 2.36. The fourth-order valence-electron chi connectivity index (χ4n) is 5.10. The number of fused-ring (bicyclic) bond motifs is 1. The summed E-state index contributed by atoms with van der Waals surface area (Å²) in [5.74, 6) is 1.76. The zero-order valence-electron chi connectivity index (χ0n) is 22.4. The van der Waals surface area contributed by atoms with Gasteiger partial charge in [-0.25, -0.2) is 4.98 Å². The van der Waals surface area contributed by atoms with Gasteiger partial charge in [-0.3, -0.25) is 4.79 Å². The number of hydrogen-bond donors (Lipinski definition) is 2. The Hall–Kier alpha value is -4.25. The summed E-state index contributed by atoms with van der Waals surface area (Å²) in [7, 11) is 2.11. The van der Waals surface area contributed by atoms with E-state index in [0.717, 1.165) is 30.5 Å². The van der Waals surface area contributed by atoms with E-state index >= 15 is 0 Å². The van der Waals surface area contributed by atoms with Crippen molar-refractivity contribution in [1.82, 2.24) is 24.8 Å². The van der Waals surface area contributed by atoms with Crippen molar-refractivity contribution in [2.24, 2.45) is 5.92 Å². The molecule has 4 heterocycles. The number of rotatable bonds is 8. The number of nitrogens with two attached hydrogens (primary N) is 1. The maximum absolute atomic E-state index is 12.1. The van der Waals surface area contributed by atoms with Gasteiger partial charge in [-0.05, 0) is 50.7 Å². The molecule has 1 amide bonds. The van der Waals surface area contributed by atoms with Gasteiger partial charge in [0.05, 0.1) is 17.6 Å². The van der Waals surface area contributed by atoms with E-state index in [1.165, 1.54) is 12.3 Å². The predicted molar refractivity (Wildman–Crippen MR) is 151 cm³/mol. The topological polar surface area (TPSA) is 134 Å². The summed E-state index contributed by atoms with van der Waals surface area (Å²) in [6.45, 7) is 10.3. The molecule has 1 atom stereocenters. The number of anilines is 2. The number of nitrogens with one attached hydrogen (secondary N) is 1. The Balaban J connectivity index is 1.53. The molecule has 0 spiro atoms. The number of carbonyl (C=O) groups is 1. The SMILES string of the molecule is C=CC(=O)N1CCN(c2nc(OC[C@H]3CCN(C)C3)nc3c(Oc4c(C)ccc(N)c4C=N)nccc23)CC1. The van der Waals surface area contributed by atoms with Crippen LogP contribution in [-0.4, -0.2) is 89.8 Å². The molecule has 2 aliphatic rings. The monoisotopic (exact) mass is 530 g/mol. The zero-order valence-corrected chi connectivity index (χ0v) is 22.4. The predicted octanol–water partition coefficient (Wildman–Crippen LogP) is 2.87. The number of nitrogens with zero attached hydrogens (tertiary/aromatic N) is 6. The lowest BCUT2D eigenvalue weighted by atomic mass is 10.1. The van der Waals surface area contributed by atoms with E-state index in [-0.39, 0.29) is 17.8 Å². The lowest BCUT2D eigenvalue weighted by Gasteiger charge is -2.35. The summed E-state index contributed by atoms with van der Waals surface area (Å²) >= 11 is 0. The van der Waals surface area contributed by atoms with Crippen LogP contribution in [0.4, 0.5) is 11.5 Å². The van der Waals surface area contributed by atoms with Gasteiger partial charge in [0.15, 0.2) is 0 Å². The molecule has 0 saturated carbocycles. The third kappa shape index (κ3) is 5.49. The third-order valence-corrected chi connectivity index (χ3v) is 7.31. The first-order valence-corrected chi connectivity index (χ1v) is 13.1. The van der Waals surface area contributed by atoms with Crippen LogP contribution in [0, 0.1) is 18.3 Å². The number of amides is 1. The average Bonchev–Trinajstić information content (AvgIpc) is 3.38. The smallest absolute Gasteiger partial charge is 0.319 e. The molecule has 2 aliphatic heterocycles. The molecule has 0 unspecified atom stereocenters. The number of likely N-dealkylation sites (tertiary alicyclic amines) is 1. The van der Waals surface area contributed by atoms with Crippen LogP contribution < -0.4 is 20.1 Å². The molecule has 2 aromatic heterocycles. The second-order valence-electron chi connectivity index (χ2n) is 10.0. The molecule has 2 fully saturated rings. The van der Waals surface area contributed by atoms with Crippen molar-refractivity contribution in [3.05, 3.63) is 48.2 Å². The van der Waals surface area contributed by atoms with Gasteiger partial charge < -0.3 is 35.3 Å². The summed E-state index contributed by atoms with van der Waals surface area (Å²) < 4.78 is 12.5. The first-order valence-electron chi connectivity index (χ1n) is 13.1. The minimum absolute atomic E-state index is 0.0767. The summed E-state index contributed by atoms with van der Waals surface area (Å²) in [4.78, 5) is 32.4. The molecule has 0 radical (unpaired) electrons. The first kappa shape index (κ1) is 26.4. The molecule has 11 nitrogen and oxygen atoms in total. The van der Waals surface area contributed by atoms with E-state index in [0.29, 0.717) is 67.0 Å². The summed E-state index contributed by atoms with van der Waals surface area (Å²) in [5, 5.41) is 8.63. The molecule has 3 aromatic rings. The maximum Gasteiger partial charge on any atom is 0.319 e. The first-order chi connectivity index (χ1) is 18.9. The van der Waals surface area contributed by atoms with Crippen LogP contribution in [0.1, 0.15) is 17.5 Å². The van der Waals surface area contributed by atoms with Gasteiger partial charge in [0.2, 0.25) is 11.8 Å². The number of ether oxygens (including phenoxy) is 2. The standard InChI is InChI=1S/C28H34N8O3/c1-4-23(37)35-11-13-36(14-12-35)26-20-7-9-31-27(39-25-18(2)5-6-22(30)21(25)15-29)24(20)32-28(33-26)38-17-19-8-10-34(3)16-19/h4-7,9,15,19,29H,1,8,10-14,16-17,30H2,2-3H3/t19-/m0/s1. The van der Waals surface area contributed by atoms with E-state index in [2.05, 4.69) is 28.4 Å². The van der Waals surface area contributed by atoms with Crippen molar-refractivity contribution in [3.63, 3.8) is 0 Å². The van der Waals surface area contributed by atoms with Gasteiger partial charge in [-0.2, -0.15) is 9.97 Å². The Bertz CT molecular complexity index is 1400. The summed E-state index contributed by atoms with van der Waals surface area (Å²) in [6, 6.07) is 5.72. The highest BCUT2D eigenvalue weighted by molar-refractivity contribution is 5.94. The molecule has 3 N–H and O–H groups in total. The van der Waals surface area contributed by atoms with Gasteiger partial charge in [0.25, 0.3) is 0 Å². The lowest BCUT2D eigenvalue weighted by Crippen LogP contribution is -2.48.